The number of carbonyl (C=O) groups is 2. The van der Waals surface area contributed by atoms with E-state index < -0.39 is 0 Å². The quantitative estimate of drug-likeness (QED) is 0.845. The van der Waals surface area contributed by atoms with Gasteiger partial charge in [0.05, 0.1) is 18.0 Å². The average Bonchev–Trinajstić information content (AvgIpc) is 2.84. The third-order valence-corrected chi connectivity index (χ3v) is 5.43. The van der Waals surface area contributed by atoms with E-state index in [9.17, 15) is 9.59 Å². The molecule has 1 N–H and O–H groups in total. The zero-order valence-electron chi connectivity index (χ0n) is 14.2. The van der Waals surface area contributed by atoms with E-state index >= 15 is 0 Å². The molecule has 0 unspecified atom stereocenters. The highest BCUT2D eigenvalue weighted by molar-refractivity contribution is 8.18. The molecule has 0 aliphatic carbocycles. The van der Waals surface area contributed by atoms with Gasteiger partial charge in [-0.3, -0.25) is 9.59 Å². The maximum atomic E-state index is 12.6. The lowest BCUT2D eigenvalue weighted by atomic mass is 10.1. The molecule has 6 heteroatoms. The monoisotopic (exact) mass is 346 g/mol. The van der Waals surface area contributed by atoms with E-state index in [1.165, 1.54) is 29.1 Å². The molecule has 0 radical (unpaired) electrons. The number of piperidine rings is 1. The lowest BCUT2D eigenvalue weighted by molar-refractivity contribution is -0.912. The number of hydrogen-bond donors (Lipinski definition) is 1. The summed E-state index contributed by atoms with van der Waals surface area (Å²) in [6, 6.07) is 7.96. The molecule has 2 aliphatic heterocycles. The van der Waals surface area contributed by atoms with Crippen LogP contribution in [0.4, 0.5) is 10.5 Å². The van der Waals surface area contributed by atoms with E-state index in [-0.39, 0.29) is 11.1 Å². The molecular formula is C18H24N3O2S+. The van der Waals surface area contributed by atoms with E-state index in [1.54, 1.807) is 0 Å². The van der Waals surface area contributed by atoms with Crippen molar-refractivity contribution in [1.82, 2.24) is 4.90 Å². The summed E-state index contributed by atoms with van der Waals surface area (Å²) in [6.45, 7) is 2.60. The fourth-order valence-electron chi connectivity index (χ4n) is 3.09. The van der Waals surface area contributed by atoms with Gasteiger partial charge in [-0.15, -0.1) is 0 Å². The van der Waals surface area contributed by atoms with E-state index in [2.05, 4.69) is 0 Å². The highest BCUT2D eigenvalue weighted by atomic mass is 32.2. The molecule has 0 atom stereocenters. The van der Waals surface area contributed by atoms with Crippen molar-refractivity contribution in [2.24, 2.45) is 0 Å². The van der Waals surface area contributed by atoms with E-state index in [4.69, 9.17) is 0 Å². The summed E-state index contributed by atoms with van der Waals surface area (Å²) in [7, 11) is 3.98. The Kier molecular flexibility index (Phi) is 5.26. The number of nitrogens with one attached hydrogen (secondary N) is 1. The van der Waals surface area contributed by atoms with E-state index in [1.807, 2.05) is 49.3 Å². The first-order valence-corrected chi connectivity index (χ1v) is 9.22. The molecule has 5 nitrogen and oxygen atoms in total. The number of rotatable bonds is 4. The Bertz CT molecular complexity index is 649. The Hall–Kier alpha value is -1.79. The molecule has 128 valence electrons. The summed E-state index contributed by atoms with van der Waals surface area (Å²) >= 11 is 1.05. The minimum atomic E-state index is -0.153. The minimum absolute atomic E-state index is 0.144. The number of amides is 2. The average molecular weight is 346 g/mol. The maximum absolute atomic E-state index is 12.6. The van der Waals surface area contributed by atoms with Crippen molar-refractivity contribution in [2.75, 3.05) is 38.8 Å². The highest BCUT2D eigenvalue weighted by Gasteiger charge is 2.37. The van der Waals surface area contributed by atoms with Crippen molar-refractivity contribution in [1.29, 1.82) is 0 Å². The van der Waals surface area contributed by atoms with Crippen molar-refractivity contribution >= 4 is 34.7 Å². The fourth-order valence-corrected chi connectivity index (χ4v) is 3.93. The molecule has 0 saturated carbocycles. The Balaban J connectivity index is 1.70. The van der Waals surface area contributed by atoms with Crippen LogP contribution in [-0.4, -0.2) is 49.9 Å². The van der Waals surface area contributed by atoms with Crippen LogP contribution in [0.5, 0.6) is 0 Å². The predicted molar refractivity (Wildman–Crippen MR) is 98.0 cm³/mol. The van der Waals surface area contributed by atoms with Crippen LogP contribution in [0, 0.1) is 0 Å². The maximum Gasteiger partial charge on any atom is 0.298 e. The molecular weight excluding hydrogens is 322 g/mol. The summed E-state index contributed by atoms with van der Waals surface area (Å²) in [5.41, 5.74) is 2.05. The lowest BCUT2D eigenvalue weighted by Gasteiger charge is -2.26. The molecule has 0 bridgehead atoms. The van der Waals surface area contributed by atoms with Gasteiger partial charge in [0.15, 0.2) is 6.67 Å². The third-order valence-electron chi connectivity index (χ3n) is 4.52. The van der Waals surface area contributed by atoms with Gasteiger partial charge in [0.1, 0.15) is 0 Å². The number of carbonyl (C=O) groups excluding carboxylic acids is 2. The van der Waals surface area contributed by atoms with Gasteiger partial charge in [-0.05, 0) is 54.8 Å². The van der Waals surface area contributed by atoms with Crippen LogP contribution in [0.3, 0.4) is 0 Å². The summed E-state index contributed by atoms with van der Waals surface area (Å²) < 4.78 is 0. The SMILES string of the molecule is CN(C)c1ccc(/C=C2/SC(=O)N(C[NH+]3CCCCC3)C2=O)cc1. The molecule has 2 heterocycles. The second-order valence-corrected chi connectivity index (χ2v) is 7.56. The topological polar surface area (TPSA) is 45.1 Å². The summed E-state index contributed by atoms with van der Waals surface area (Å²) in [5.74, 6) is -0.153. The standard InChI is InChI=1S/C18H23N3O2S/c1-19(2)15-8-6-14(7-9-15)12-16-17(22)21(18(23)24-16)13-20-10-4-3-5-11-20/h6-9,12H,3-5,10-11,13H2,1-2H3/p+1/b16-12+. The molecule has 2 aliphatic rings. The molecule has 0 spiro atoms. The van der Waals surface area contributed by atoms with Gasteiger partial charge in [0.25, 0.3) is 11.1 Å². The van der Waals surface area contributed by atoms with Crippen molar-refractivity contribution in [3.63, 3.8) is 0 Å². The second-order valence-electron chi connectivity index (χ2n) is 6.56. The molecule has 2 saturated heterocycles. The van der Waals surface area contributed by atoms with Crippen LogP contribution in [0.1, 0.15) is 24.8 Å². The second kappa shape index (κ2) is 7.40. The Morgan fingerprint density at radius 3 is 2.42 bits per heavy atom. The van der Waals surface area contributed by atoms with Crippen LogP contribution in [0.15, 0.2) is 29.2 Å². The lowest BCUT2D eigenvalue weighted by Crippen LogP contribution is -3.14. The fraction of sp³-hybridized carbons (Fsp3) is 0.444. The number of benzene rings is 1. The molecule has 0 aromatic heterocycles. The van der Waals surface area contributed by atoms with Gasteiger partial charge < -0.3 is 9.80 Å². The first-order chi connectivity index (χ1) is 11.5. The normalized spacial score (nSPS) is 20.9. The van der Waals surface area contributed by atoms with Crippen molar-refractivity contribution in [3.05, 3.63) is 34.7 Å². The van der Waals surface area contributed by atoms with Crippen molar-refractivity contribution in [2.45, 2.75) is 19.3 Å². The first kappa shape index (κ1) is 17.0. The predicted octanol–water partition coefficient (Wildman–Crippen LogP) is 1.82. The molecule has 2 amide bonds. The van der Waals surface area contributed by atoms with Gasteiger partial charge in [-0.1, -0.05) is 12.1 Å². The van der Waals surface area contributed by atoms with Crippen LogP contribution < -0.4 is 9.80 Å². The van der Waals surface area contributed by atoms with E-state index in [0.29, 0.717) is 11.6 Å². The van der Waals surface area contributed by atoms with Crippen LogP contribution in [-0.2, 0) is 4.79 Å². The number of hydrogen-bond acceptors (Lipinski definition) is 4. The number of thioether (sulfide) groups is 1. The Morgan fingerprint density at radius 1 is 1.12 bits per heavy atom. The largest absolute Gasteiger partial charge is 0.378 e. The van der Waals surface area contributed by atoms with Crippen molar-refractivity contribution < 1.29 is 14.5 Å². The third kappa shape index (κ3) is 3.82. The number of likely N-dealkylation sites (tertiary alicyclic amines) is 1. The van der Waals surface area contributed by atoms with E-state index in [0.717, 1.165) is 36.1 Å². The van der Waals surface area contributed by atoms with Crippen LogP contribution in [0.2, 0.25) is 0 Å². The zero-order chi connectivity index (χ0) is 17.1. The Morgan fingerprint density at radius 2 is 1.79 bits per heavy atom. The first-order valence-electron chi connectivity index (χ1n) is 8.41. The van der Waals surface area contributed by atoms with Gasteiger partial charge in [0, 0.05) is 19.8 Å². The number of imide groups is 1. The van der Waals surface area contributed by atoms with Crippen molar-refractivity contribution in [3.8, 4) is 0 Å². The molecule has 24 heavy (non-hydrogen) atoms. The van der Waals surface area contributed by atoms with Gasteiger partial charge in [0.2, 0.25) is 0 Å². The number of nitrogens with zero attached hydrogens (tertiary/aromatic N) is 2. The van der Waals surface area contributed by atoms with Gasteiger partial charge in [-0.25, -0.2) is 4.90 Å². The van der Waals surface area contributed by atoms with Crippen LogP contribution >= 0.6 is 11.8 Å². The summed E-state index contributed by atoms with van der Waals surface area (Å²) in [6.07, 6.45) is 5.43. The molecule has 1 aromatic rings. The highest BCUT2D eigenvalue weighted by Crippen LogP contribution is 2.31. The Labute approximate surface area is 147 Å². The summed E-state index contributed by atoms with van der Waals surface area (Å²) in [4.78, 5) is 30.1. The van der Waals surface area contributed by atoms with Crippen LogP contribution in [0.25, 0.3) is 6.08 Å². The molecule has 3 rings (SSSR count). The number of anilines is 1. The van der Waals surface area contributed by atoms with Gasteiger partial charge >= 0.3 is 0 Å². The summed E-state index contributed by atoms with van der Waals surface area (Å²) in [5, 5.41) is -0.144. The zero-order valence-corrected chi connectivity index (χ0v) is 15.1. The number of quaternary nitrogens is 1. The molecule has 2 fully saturated rings. The molecule has 1 aromatic carbocycles. The van der Waals surface area contributed by atoms with Gasteiger partial charge in [-0.2, -0.15) is 0 Å². The smallest absolute Gasteiger partial charge is 0.298 e. The minimum Gasteiger partial charge on any atom is -0.378 e.